The molecule has 0 aliphatic heterocycles. The summed E-state index contributed by atoms with van der Waals surface area (Å²) in [4.78, 5) is 13.7. The van der Waals surface area contributed by atoms with Gasteiger partial charge in [-0.15, -0.1) is 0 Å². The summed E-state index contributed by atoms with van der Waals surface area (Å²) in [6.07, 6.45) is 0. The van der Waals surface area contributed by atoms with Crippen molar-refractivity contribution in [1.29, 1.82) is 0 Å². The molecule has 6 heteroatoms. The lowest BCUT2D eigenvalue weighted by Crippen LogP contribution is -2.35. The van der Waals surface area contributed by atoms with Crippen molar-refractivity contribution in [2.45, 2.75) is 13.8 Å². The maximum Gasteiger partial charge on any atom is 0.254 e. The molecule has 0 saturated carbocycles. The van der Waals surface area contributed by atoms with Gasteiger partial charge in [-0.3, -0.25) is 4.79 Å². The number of nitrogens with zero attached hydrogens (tertiary/aromatic N) is 1. The molecule has 0 bridgehead atoms. The number of halogens is 3. The number of amides is 1. The summed E-state index contributed by atoms with van der Waals surface area (Å²) in [5.74, 6) is -5.14. The van der Waals surface area contributed by atoms with Crippen LogP contribution in [-0.2, 0) is 0 Å². The second-order valence-corrected chi connectivity index (χ2v) is 4.01. The molecule has 0 atom stereocenters. The molecule has 0 spiro atoms. The second kappa shape index (κ2) is 7.13. The van der Waals surface area contributed by atoms with Crippen molar-refractivity contribution in [3.63, 3.8) is 0 Å². The van der Waals surface area contributed by atoms with E-state index >= 15 is 0 Å². The summed E-state index contributed by atoms with van der Waals surface area (Å²) < 4.78 is 39.0. The Labute approximate surface area is 110 Å². The summed E-state index contributed by atoms with van der Waals surface area (Å²) in [6, 6.07) is 1.66. The van der Waals surface area contributed by atoms with Gasteiger partial charge in [0.2, 0.25) is 0 Å². The number of likely N-dealkylation sites (N-methyl/N-ethyl adjacent to an activating group) is 1. The molecule has 1 aromatic rings. The van der Waals surface area contributed by atoms with Crippen molar-refractivity contribution in [3.05, 3.63) is 35.1 Å². The lowest BCUT2D eigenvalue weighted by Gasteiger charge is -2.18. The number of hydrogen-bond acceptors (Lipinski definition) is 2. The van der Waals surface area contributed by atoms with Gasteiger partial charge in [-0.1, -0.05) is 13.8 Å². The Bertz CT molecular complexity index is 448. The van der Waals surface area contributed by atoms with E-state index in [0.29, 0.717) is 13.1 Å². The molecule has 0 fully saturated rings. The van der Waals surface area contributed by atoms with E-state index in [1.54, 1.807) is 0 Å². The van der Waals surface area contributed by atoms with Gasteiger partial charge in [0.1, 0.15) is 0 Å². The zero-order valence-corrected chi connectivity index (χ0v) is 11.0. The fraction of sp³-hybridized carbons (Fsp3) is 0.462. The van der Waals surface area contributed by atoms with Crippen LogP contribution in [0.2, 0.25) is 0 Å². The molecule has 1 amide bonds. The predicted octanol–water partition coefficient (Wildman–Crippen LogP) is 2.18. The molecular formula is C13H17F3N2O. The first-order valence-electron chi connectivity index (χ1n) is 6.15. The Kier molecular flexibility index (Phi) is 5.82. The van der Waals surface area contributed by atoms with Crippen LogP contribution in [0.5, 0.6) is 0 Å². The molecule has 0 radical (unpaired) electrons. The third-order valence-electron chi connectivity index (χ3n) is 2.89. The van der Waals surface area contributed by atoms with Gasteiger partial charge in [0.25, 0.3) is 5.91 Å². The number of carbonyl (C=O) groups is 1. The van der Waals surface area contributed by atoms with Crippen molar-refractivity contribution >= 4 is 5.91 Å². The summed E-state index contributed by atoms with van der Waals surface area (Å²) in [7, 11) is 0. The first kappa shape index (κ1) is 15.5. The smallest absolute Gasteiger partial charge is 0.254 e. The lowest BCUT2D eigenvalue weighted by molar-refractivity contribution is 0.0943. The molecule has 0 aromatic heterocycles. The Hall–Kier alpha value is -1.56. The Morgan fingerprint density at radius 2 is 1.79 bits per heavy atom. The minimum atomic E-state index is -1.63. The first-order valence-corrected chi connectivity index (χ1v) is 6.15. The summed E-state index contributed by atoms with van der Waals surface area (Å²) in [5, 5.41) is 2.48. The van der Waals surface area contributed by atoms with Crippen LogP contribution in [0.25, 0.3) is 0 Å². The van der Waals surface area contributed by atoms with Crippen LogP contribution < -0.4 is 5.32 Å². The standard InChI is InChI=1S/C13H17F3N2O/c1-3-18(4-2)8-7-17-13(19)9-5-6-10(14)12(16)11(9)15/h5-6H,3-4,7-8H2,1-2H3,(H,17,19). The molecule has 0 aliphatic rings. The molecule has 1 rings (SSSR count). The van der Waals surface area contributed by atoms with Crippen molar-refractivity contribution in [3.8, 4) is 0 Å². The highest BCUT2D eigenvalue weighted by Gasteiger charge is 2.18. The number of nitrogens with one attached hydrogen (secondary N) is 1. The van der Waals surface area contributed by atoms with Gasteiger partial charge in [0, 0.05) is 13.1 Å². The highest BCUT2D eigenvalue weighted by molar-refractivity contribution is 5.94. The first-order chi connectivity index (χ1) is 9.01. The van der Waals surface area contributed by atoms with Crippen molar-refractivity contribution in [1.82, 2.24) is 10.2 Å². The fourth-order valence-electron chi connectivity index (χ4n) is 1.66. The molecular weight excluding hydrogens is 257 g/mol. The SMILES string of the molecule is CCN(CC)CCNC(=O)c1ccc(F)c(F)c1F. The van der Waals surface area contributed by atoms with Crippen molar-refractivity contribution in [2.75, 3.05) is 26.2 Å². The van der Waals surface area contributed by atoms with Crippen LogP contribution in [0, 0.1) is 17.5 Å². The van der Waals surface area contributed by atoms with E-state index in [1.165, 1.54) is 0 Å². The van der Waals surface area contributed by atoms with E-state index in [2.05, 4.69) is 10.2 Å². The number of carbonyl (C=O) groups excluding carboxylic acids is 1. The number of hydrogen-bond donors (Lipinski definition) is 1. The van der Waals surface area contributed by atoms with E-state index in [-0.39, 0.29) is 0 Å². The predicted molar refractivity (Wildman–Crippen MR) is 66.4 cm³/mol. The number of rotatable bonds is 6. The number of benzene rings is 1. The van der Waals surface area contributed by atoms with E-state index in [4.69, 9.17) is 0 Å². The van der Waals surface area contributed by atoms with E-state index < -0.39 is 28.9 Å². The quantitative estimate of drug-likeness (QED) is 0.806. The van der Waals surface area contributed by atoms with Gasteiger partial charge >= 0.3 is 0 Å². The molecule has 1 N–H and O–H groups in total. The third-order valence-corrected chi connectivity index (χ3v) is 2.89. The Morgan fingerprint density at radius 3 is 2.37 bits per heavy atom. The summed E-state index contributed by atoms with van der Waals surface area (Å²) in [6.45, 7) is 6.58. The monoisotopic (exact) mass is 274 g/mol. The molecule has 1 aromatic carbocycles. The van der Waals surface area contributed by atoms with Gasteiger partial charge in [0.15, 0.2) is 17.5 Å². The fourth-order valence-corrected chi connectivity index (χ4v) is 1.66. The normalized spacial score (nSPS) is 10.8. The zero-order valence-electron chi connectivity index (χ0n) is 11.0. The molecule has 0 saturated heterocycles. The molecule has 106 valence electrons. The lowest BCUT2D eigenvalue weighted by atomic mass is 10.2. The van der Waals surface area contributed by atoms with Crippen LogP contribution in [0.15, 0.2) is 12.1 Å². The maximum atomic E-state index is 13.3. The minimum absolute atomic E-state index is 0.318. The molecule has 0 unspecified atom stereocenters. The highest BCUT2D eigenvalue weighted by atomic mass is 19.2. The van der Waals surface area contributed by atoms with Gasteiger partial charge in [0.05, 0.1) is 5.56 Å². The average Bonchev–Trinajstić information content (AvgIpc) is 2.41. The largest absolute Gasteiger partial charge is 0.351 e. The van der Waals surface area contributed by atoms with Gasteiger partial charge in [-0.25, -0.2) is 13.2 Å². The summed E-state index contributed by atoms with van der Waals surface area (Å²) in [5.41, 5.74) is -0.488. The van der Waals surface area contributed by atoms with Crippen LogP contribution >= 0.6 is 0 Å². The average molecular weight is 274 g/mol. The Balaban J connectivity index is 2.62. The van der Waals surface area contributed by atoms with Gasteiger partial charge in [-0.2, -0.15) is 0 Å². The molecule has 3 nitrogen and oxygen atoms in total. The zero-order chi connectivity index (χ0) is 14.4. The molecule has 19 heavy (non-hydrogen) atoms. The molecule has 0 heterocycles. The minimum Gasteiger partial charge on any atom is -0.351 e. The topological polar surface area (TPSA) is 32.3 Å². The molecule has 0 aliphatic carbocycles. The van der Waals surface area contributed by atoms with Crippen LogP contribution in [0.1, 0.15) is 24.2 Å². The van der Waals surface area contributed by atoms with Crippen LogP contribution in [0.4, 0.5) is 13.2 Å². The second-order valence-electron chi connectivity index (χ2n) is 4.01. The maximum absolute atomic E-state index is 13.3. The highest BCUT2D eigenvalue weighted by Crippen LogP contribution is 2.14. The van der Waals surface area contributed by atoms with Crippen LogP contribution in [-0.4, -0.2) is 37.0 Å². The Morgan fingerprint density at radius 1 is 1.16 bits per heavy atom. The van der Waals surface area contributed by atoms with Crippen LogP contribution in [0.3, 0.4) is 0 Å². The van der Waals surface area contributed by atoms with E-state index in [0.717, 1.165) is 25.2 Å². The van der Waals surface area contributed by atoms with E-state index in [9.17, 15) is 18.0 Å². The van der Waals surface area contributed by atoms with E-state index in [1.807, 2.05) is 13.8 Å². The summed E-state index contributed by atoms with van der Waals surface area (Å²) >= 11 is 0. The van der Waals surface area contributed by atoms with Gasteiger partial charge in [-0.05, 0) is 25.2 Å². The third kappa shape index (κ3) is 3.96. The van der Waals surface area contributed by atoms with Crippen molar-refractivity contribution < 1.29 is 18.0 Å². The van der Waals surface area contributed by atoms with Gasteiger partial charge < -0.3 is 10.2 Å². The van der Waals surface area contributed by atoms with Crippen molar-refractivity contribution in [2.24, 2.45) is 0 Å².